The SMILES string of the molecule is CCC(O)CCNC(C)CC(F)(F)F. The Morgan fingerprint density at radius 3 is 2.36 bits per heavy atom. The average Bonchev–Trinajstić information content (AvgIpc) is 2.00. The van der Waals surface area contributed by atoms with Crippen molar-refractivity contribution in [3.8, 4) is 0 Å². The Kier molecular flexibility index (Phi) is 6.11. The van der Waals surface area contributed by atoms with E-state index in [2.05, 4.69) is 5.32 Å². The van der Waals surface area contributed by atoms with Gasteiger partial charge in [-0.25, -0.2) is 0 Å². The summed E-state index contributed by atoms with van der Waals surface area (Å²) in [5.74, 6) is 0. The van der Waals surface area contributed by atoms with Crippen molar-refractivity contribution in [2.24, 2.45) is 0 Å². The minimum atomic E-state index is -4.12. The zero-order chi connectivity index (χ0) is 11.2. The maximum atomic E-state index is 11.9. The Morgan fingerprint density at radius 1 is 1.36 bits per heavy atom. The number of rotatable bonds is 6. The van der Waals surface area contributed by atoms with Gasteiger partial charge in [0.05, 0.1) is 12.5 Å². The number of aliphatic hydroxyl groups is 1. The minimum Gasteiger partial charge on any atom is -0.393 e. The third kappa shape index (κ3) is 8.31. The molecule has 0 rings (SSSR count). The molecule has 0 saturated carbocycles. The smallest absolute Gasteiger partial charge is 0.390 e. The number of alkyl halides is 3. The molecule has 14 heavy (non-hydrogen) atoms. The predicted molar refractivity (Wildman–Crippen MR) is 49.1 cm³/mol. The second-order valence-corrected chi connectivity index (χ2v) is 3.53. The fourth-order valence-corrected chi connectivity index (χ4v) is 1.12. The lowest BCUT2D eigenvalue weighted by Crippen LogP contribution is -2.33. The minimum absolute atomic E-state index is 0.416. The number of halogens is 3. The van der Waals surface area contributed by atoms with Crippen molar-refractivity contribution < 1.29 is 18.3 Å². The van der Waals surface area contributed by atoms with Gasteiger partial charge in [0.25, 0.3) is 0 Å². The zero-order valence-electron chi connectivity index (χ0n) is 8.56. The predicted octanol–water partition coefficient (Wildman–Crippen LogP) is 2.08. The molecule has 0 aromatic rings. The van der Waals surface area contributed by atoms with Gasteiger partial charge in [0, 0.05) is 6.04 Å². The summed E-state index contributed by atoms with van der Waals surface area (Å²) in [5, 5.41) is 11.9. The Morgan fingerprint density at radius 2 is 1.93 bits per heavy atom. The summed E-state index contributed by atoms with van der Waals surface area (Å²) < 4.78 is 35.6. The Hall–Kier alpha value is -0.290. The first-order valence-corrected chi connectivity index (χ1v) is 4.83. The molecule has 0 radical (unpaired) electrons. The van der Waals surface area contributed by atoms with Crippen LogP contribution in [0.2, 0.25) is 0 Å². The van der Waals surface area contributed by atoms with Crippen LogP contribution >= 0.6 is 0 Å². The van der Waals surface area contributed by atoms with E-state index in [1.54, 1.807) is 0 Å². The fourth-order valence-electron chi connectivity index (χ4n) is 1.12. The van der Waals surface area contributed by atoms with Gasteiger partial charge in [-0.15, -0.1) is 0 Å². The molecule has 0 amide bonds. The molecule has 2 N–H and O–H groups in total. The van der Waals surface area contributed by atoms with E-state index in [1.165, 1.54) is 6.92 Å². The van der Waals surface area contributed by atoms with E-state index in [0.29, 0.717) is 19.4 Å². The van der Waals surface area contributed by atoms with Crippen LogP contribution in [0, 0.1) is 0 Å². The third-order valence-electron chi connectivity index (χ3n) is 1.98. The van der Waals surface area contributed by atoms with E-state index < -0.39 is 24.7 Å². The van der Waals surface area contributed by atoms with Gasteiger partial charge in [-0.2, -0.15) is 13.2 Å². The molecule has 5 heteroatoms. The number of hydrogen-bond donors (Lipinski definition) is 2. The van der Waals surface area contributed by atoms with Crippen molar-refractivity contribution in [1.29, 1.82) is 0 Å². The highest BCUT2D eigenvalue weighted by Gasteiger charge is 2.29. The molecule has 0 heterocycles. The van der Waals surface area contributed by atoms with Crippen molar-refractivity contribution in [2.75, 3.05) is 6.54 Å². The second kappa shape index (κ2) is 6.24. The van der Waals surface area contributed by atoms with Gasteiger partial charge >= 0.3 is 6.18 Å². The van der Waals surface area contributed by atoms with Crippen LogP contribution in [0.3, 0.4) is 0 Å². The largest absolute Gasteiger partial charge is 0.393 e. The number of hydrogen-bond acceptors (Lipinski definition) is 2. The normalized spacial score (nSPS) is 16.7. The lowest BCUT2D eigenvalue weighted by molar-refractivity contribution is -0.139. The maximum Gasteiger partial charge on any atom is 0.390 e. The molecular formula is C9H18F3NO. The molecule has 0 aromatic carbocycles. The topological polar surface area (TPSA) is 32.3 Å². The van der Waals surface area contributed by atoms with E-state index >= 15 is 0 Å². The highest BCUT2D eigenvalue weighted by atomic mass is 19.4. The van der Waals surface area contributed by atoms with Crippen molar-refractivity contribution in [3.63, 3.8) is 0 Å². The highest BCUT2D eigenvalue weighted by Crippen LogP contribution is 2.21. The van der Waals surface area contributed by atoms with Crippen molar-refractivity contribution in [2.45, 2.75) is 51.4 Å². The van der Waals surface area contributed by atoms with E-state index in [9.17, 15) is 13.2 Å². The first kappa shape index (κ1) is 13.7. The van der Waals surface area contributed by atoms with Gasteiger partial charge in [0.1, 0.15) is 0 Å². The van der Waals surface area contributed by atoms with E-state index in [4.69, 9.17) is 5.11 Å². The standard InChI is InChI=1S/C9H18F3NO/c1-3-8(14)4-5-13-7(2)6-9(10,11)12/h7-8,13-14H,3-6H2,1-2H3. The molecule has 0 bridgehead atoms. The van der Waals surface area contributed by atoms with E-state index in [0.717, 1.165) is 0 Å². The van der Waals surface area contributed by atoms with Crippen molar-refractivity contribution in [3.05, 3.63) is 0 Å². The summed E-state index contributed by atoms with van der Waals surface area (Å²) in [6, 6.07) is -0.584. The van der Waals surface area contributed by atoms with Crippen LogP contribution in [-0.2, 0) is 0 Å². The molecule has 2 nitrogen and oxygen atoms in total. The number of aliphatic hydroxyl groups excluding tert-OH is 1. The van der Waals surface area contributed by atoms with Gasteiger partial charge in [-0.3, -0.25) is 0 Å². The van der Waals surface area contributed by atoms with Gasteiger partial charge in [0.2, 0.25) is 0 Å². The molecule has 0 aliphatic rings. The average molecular weight is 213 g/mol. The Bertz CT molecular complexity index is 149. The van der Waals surface area contributed by atoms with Crippen LogP contribution < -0.4 is 5.32 Å². The molecule has 0 fully saturated rings. The zero-order valence-corrected chi connectivity index (χ0v) is 8.56. The van der Waals surface area contributed by atoms with Crippen LogP contribution in [0.4, 0.5) is 13.2 Å². The van der Waals surface area contributed by atoms with Gasteiger partial charge in [-0.05, 0) is 26.3 Å². The third-order valence-corrected chi connectivity index (χ3v) is 1.98. The van der Waals surface area contributed by atoms with Gasteiger partial charge < -0.3 is 10.4 Å². The molecule has 2 atom stereocenters. The van der Waals surface area contributed by atoms with Crippen LogP contribution in [0.1, 0.15) is 33.1 Å². The van der Waals surface area contributed by atoms with Crippen LogP contribution in [0.25, 0.3) is 0 Å². The molecule has 0 aromatic heterocycles. The van der Waals surface area contributed by atoms with Crippen LogP contribution in [0.5, 0.6) is 0 Å². The van der Waals surface area contributed by atoms with Crippen molar-refractivity contribution >= 4 is 0 Å². The molecule has 2 unspecified atom stereocenters. The highest BCUT2D eigenvalue weighted by molar-refractivity contribution is 4.66. The Balaban J connectivity index is 3.50. The molecule has 0 aliphatic carbocycles. The summed E-state index contributed by atoms with van der Waals surface area (Å²) >= 11 is 0. The molecule has 0 spiro atoms. The van der Waals surface area contributed by atoms with Gasteiger partial charge in [0.15, 0.2) is 0 Å². The first-order valence-electron chi connectivity index (χ1n) is 4.83. The lowest BCUT2D eigenvalue weighted by atomic mass is 10.2. The molecule has 86 valence electrons. The monoisotopic (exact) mass is 213 g/mol. The molecule has 0 aliphatic heterocycles. The summed E-state index contributed by atoms with van der Waals surface area (Å²) in [7, 11) is 0. The maximum absolute atomic E-state index is 11.9. The molecular weight excluding hydrogens is 195 g/mol. The first-order chi connectivity index (χ1) is 6.35. The summed E-state index contributed by atoms with van der Waals surface area (Å²) in [4.78, 5) is 0. The molecule has 0 saturated heterocycles. The summed E-state index contributed by atoms with van der Waals surface area (Å²) in [6.45, 7) is 3.75. The lowest BCUT2D eigenvalue weighted by Gasteiger charge is -2.16. The summed E-state index contributed by atoms with van der Waals surface area (Å²) in [5.41, 5.74) is 0. The van der Waals surface area contributed by atoms with Crippen LogP contribution in [0.15, 0.2) is 0 Å². The fraction of sp³-hybridized carbons (Fsp3) is 1.00. The quantitative estimate of drug-likeness (QED) is 0.708. The van der Waals surface area contributed by atoms with E-state index in [-0.39, 0.29) is 0 Å². The van der Waals surface area contributed by atoms with Gasteiger partial charge in [-0.1, -0.05) is 6.92 Å². The Labute approximate surface area is 82.5 Å². The number of nitrogens with one attached hydrogen (secondary N) is 1. The van der Waals surface area contributed by atoms with E-state index in [1.807, 2.05) is 6.92 Å². The second-order valence-electron chi connectivity index (χ2n) is 3.53. The summed E-state index contributed by atoms with van der Waals surface area (Å²) in [6.07, 6.45) is -4.22. The van der Waals surface area contributed by atoms with Crippen LogP contribution in [-0.4, -0.2) is 30.0 Å². The van der Waals surface area contributed by atoms with Crippen molar-refractivity contribution in [1.82, 2.24) is 5.32 Å².